The van der Waals surface area contributed by atoms with Crippen LogP contribution in [0.5, 0.6) is 0 Å². The Balaban J connectivity index is 2.87. The molecule has 4 nitrogen and oxygen atoms in total. The maximum absolute atomic E-state index is 6.54. The van der Waals surface area contributed by atoms with Crippen LogP contribution in [-0.4, -0.2) is 56.9 Å². The van der Waals surface area contributed by atoms with E-state index in [1.54, 1.807) is 0 Å². The summed E-state index contributed by atoms with van der Waals surface area (Å²) in [6.07, 6.45) is 0.931. The van der Waals surface area contributed by atoms with Crippen LogP contribution in [-0.2, 0) is 19.7 Å². The van der Waals surface area contributed by atoms with E-state index in [0.29, 0.717) is 13.2 Å². The van der Waals surface area contributed by atoms with E-state index in [2.05, 4.69) is 90.6 Å². The molecule has 186 valence electrons. The van der Waals surface area contributed by atoms with Gasteiger partial charge in [0.25, 0.3) is 0 Å². The summed E-state index contributed by atoms with van der Waals surface area (Å²) in [5.41, 5.74) is 1.26. The maximum Gasteiger partial charge on any atom is 0.192 e. The molecule has 2 atom stereocenters. The molecule has 0 aliphatic carbocycles. The molecule has 1 aromatic rings. The molecule has 0 aliphatic rings. The van der Waals surface area contributed by atoms with Crippen molar-refractivity contribution >= 4 is 36.6 Å². The van der Waals surface area contributed by atoms with Crippen LogP contribution in [0, 0.1) is 0 Å². The van der Waals surface area contributed by atoms with Gasteiger partial charge in [-0.15, -0.1) is 0 Å². The van der Waals surface area contributed by atoms with E-state index < -0.39 is 25.0 Å². The average molecular weight is 518 g/mol. The van der Waals surface area contributed by atoms with Gasteiger partial charge in [-0.25, -0.2) is 0 Å². The average Bonchev–Trinajstić information content (AvgIpc) is 2.60. The molecule has 0 spiro atoms. The van der Waals surface area contributed by atoms with Gasteiger partial charge in [0.2, 0.25) is 0 Å². The molecule has 0 saturated heterocycles. The van der Waals surface area contributed by atoms with Crippen LogP contribution in [0.25, 0.3) is 0 Å². The summed E-state index contributed by atoms with van der Waals surface area (Å²) in [5, 5.41) is 4.70. The molecule has 0 aliphatic heterocycles. The molecule has 1 rings (SSSR count). The number of hydrogen-bond donors (Lipinski definition) is 1. The summed E-state index contributed by atoms with van der Waals surface area (Å²) in [5.74, 6) is 0. The Morgan fingerprint density at radius 2 is 1.41 bits per heavy atom. The predicted molar refractivity (Wildman–Crippen MR) is 148 cm³/mol. The summed E-state index contributed by atoms with van der Waals surface area (Å²) >= 11 is 6.08. The van der Waals surface area contributed by atoms with Gasteiger partial charge in [-0.05, 0) is 81.5 Å². The van der Waals surface area contributed by atoms with Gasteiger partial charge in [0.15, 0.2) is 25.0 Å². The van der Waals surface area contributed by atoms with Gasteiger partial charge in [0.05, 0.1) is 12.7 Å². The quantitative estimate of drug-likeness (QED) is 0.288. The second kappa shape index (κ2) is 12.1. The molecule has 0 saturated carbocycles. The van der Waals surface area contributed by atoms with E-state index in [0.717, 1.165) is 18.0 Å². The summed E-state index contributed by atoms with van der Waals surface area (Å²) < 4.78 is 19.3. The van der Waals surface area contributed by atoms with Gasteiger partial charge in [0.1, 0.15) is 0 Å². The molecular formula is C24H48ClNO3Si3. The second-order valence-corrected chi connectivity index (χ2v) is 26.5. The molecule has 32 heavy (non-hydrogen) atoms. The van der Waals surface area contributed by atoms with E-state index in [-0.39, 0.29) is 17.2 Å². The van der Waals surface area contributed by atoms with Gasteiger partial charge in [-0.1, -0.05) is 44.5 Å². The van der Waals surface area contributed by atoms with Crippen molar-refractivity contribution in [2.45, 2.75) is 96.8 Å². The first kappa shape index (κ1) is 30.0. The summed E-state index contributed by atoms with van der Waals surface area (Å²) in [4.78, 5) is 0. The van der Waals surface area contributed by atoms with E-state index in [9.17, 15) is 0 Å². The van der Waals surface area contributed by atoms with Crippen LogP contribution < -0.4 is 5.32 Å². The Morgan fingerprint density at radius 1 is 0.844 bits per heavy atom. The molecular weight excluding hydrogens is 470 g/mol. The molecule has 0 aromatic heterocycles. The Hall–Kier alpha value is 0.000649. The fourth-order valence-electron chi connectivity index (χ4n) is 2.90. The molecule has 0 heterocycles. The highest BCUT2D eigenvalue weighted by Crippen LogP contribution is 2.36. The smallest absolute Gasteiger partial charge is 0.192 e. The molecule has 0 bridgehead atoms. The zero-order valence-electron chi connectivity index (χ0n) is 22.4. The fourth-order valence-corrected chi connectivity index (χ4v) is 5.91. The van der Waals surface area contributed by atoms with Gasteiger partial charge in [-0.3, -0.25) is 0 Å². The van der Waals surface area contributed by atoms with Crippen LogP contribution in [0.2, 0.25) is 62.4 Å². The SMILES string of the molecule is CC(C)(C)[Si](C)(C)OC[C@H](CNC(CO[Si](C)(C)C)Cc1ccc(Cl)cc1)O[Si](C)(C)C. The minimum atomic E-state index is -1.83. The third-order valence-electron chi connectivity index (χ3n) is 5.70. The lowest BCUT2D eigenvalue weighted by atomic mass is 10.1. The first-order valence-corrected chi connectivity index (χ1v) is 21.9. The van der Waals surface area contributed by atoms with Crippen molar-refractivity contribution in [2.75, 3.05) is 19.8 Å². The van der Waals surface area contributed by atoms with Crippen molar-refractivity contribution in [1.82, 2.24) is 5.32 Å². The van der Waals surface area contributed by atoms with Crippen LogP contribution in [0.3, 0.4) is 0 Å². The number of hydrogen-bond acceptors (Lipinski definition) is 4. The Kier molecular flexibility index (Phi) is 11.4. The topological polar surface area (TPSA) is 39.7 Å². The first-order chi connectivity index (χ1) is 14.4. The molecule has 1 N–H and O–H groups in total. The Bertz CT molecular complexity index is 680. The molecule has 1 unspecified atom stereocenters. The standard InChI is InChI=1S/C24H48ClNO3Si3/c1-24(2,3)32(10,11)28-19-23(29-31(7,8)9)17-26-22(18-27-30(4,5)6)16-20-12-14-21(25)15-13-20/h12-15,22-23,26H,16-19H2,1-11H3/t22?,23-/m0/s1. The summed E-state index contributed by atoms with van der Waals surface area (Å²) in [6, 6.07) is 8.32. The van der Waals surface area contributed by atoms with Crippen LogP contribution >= 0.6 is 11.6 Å². The molecule has 0 radical (unpaired) electrons. The third kappa shape index (κ3) is 12.5. The van der Waals surface area contributed by atoms with E-state index in [1.807, 2.05) is 12.1 Å². The highest BCUT2D eigenvalue weighted by atomic mass is 35.5. The van der Waals surface area contributed by atoms with Crippen LogP contribution in [0.4, 0.5) is 0 Å². The van der Waals surface area contributed by atoms with Gasteiger partial charge in [-0.2, -0.15) is 0 Å². The minimum Gasteiger partial charge on any atom is -0.416 e. The largest absolute Gasteiger partial charge is 0.416 e. The zero-order valence-corrected chi connectivity index (χ0v) is 26.2. The first-order valence-electron chi connectivity index (χ1n) is 11.8. The maximum atomic E-state index is 6.54. The number of nitrogens with one attached hydrogen (secondary N) is 1. The summed E-state index contributed by atoms with van der Waals surface area (Å²) in [7, 11) is -5.14. The van der Waals surface area contributed by atoms with Crippen LogP contribution in [0.15, 0.2) is 24.3 Å². The highest BCUT2D eigenvalue weighted by Gasteiger charge is 2.38. The third-order valence-corrected chi connectivity index (χ3v) is 12.5. The number of benzene rings is 1. The van der Waals surface area contributed by atoms with Crippen molar-refractivity contribution in [3.63, 3.8) is 0 Å². The lowest BCUT2D eigenvalue weighted by molar-refractivity contribution is 0.107. The molecule has 0 amide bonds. The monoisotopic (exact) mass is 517 g/mol. The van der Waals surface area contributed by atoms with Gasteiger partial charge < -0.3 is 18.6 Å². The number of halogens is 1. The molecule has 0 fully saturated rings. The lowest BCUT2D eigenvalue weighted by Crippen LogP contribution is -2.49. The van der Waals surface area contributed by atoms with Crippen molar-refractivity contribution in [3.05, 3.63) is 34.9 Å². The highest BCUT2D eigenvalue weighted by molar-refractivity contribution is 6.74. The van der Waals surface area contributed by atoms with E-state index in [4.69, 9.17) is 24.9 Å². The van der Waals surface area contributed by atoms with Crippen molar-refractivity contribution in [1.29, 1.82) is 0 Å². The zero-order chi connectivity index (χ0) is 24.8. The van der Waals surface area contributed by atoms with Crippen molar-refractivity contribution in [2.24, 2.45) is 0 Å². The minimum absolute atomic E-state index is 0.0374. The van der Waals surface area contributed by atoms with E-state index >= 15 is 0 Å². The van der Waals surface area contributed by atoms with Crippen molar-refractivity contribution < 1.29 is 13.3 Å². The fraction of sp³-hybridized carbons (Fsp3) is 0.750. The normalized spacial score (nSPS) is 15.6. The number of rotatable bonds is 13. The van der Waals surface area contributed by atoms with Crippen molar-refractivity contribution in [3.8, 4) is 0 Å². The van der Waals surface area contributed by atoms with Crippen LogP contribution in [0.1, 0.15) is 26.3 Å². The predicted octanol–water partition coefficient (Wildman–Crippen LogP) is 6.93. The molecule has 8 heteroatoms. The van der Waals surface area contributed by atoms with E-state index in [1.165, 1.54) is 5.56 Å². The Labute approximate surface area is 206 Å². The summed E-state index contributed by atoms with van der Waals surface area (Å²) in [6.45, 7) is 27.0. The lowest BCUT2D eigenvalue weighted by Gasteiger charge is -2.38. The molecule has 1 aromatic carbocycles. The Morgan fingerprint density at radius 3 is 1.88 bits per heavy atom. The van der Waals surface area contributed by atoms with Gasteiger partial charge in [0, 0.05) is 24.2 Å². The van der Waals surface area contributed by atoms with Gasteiger partial charge >= 0.3 is 0 Å². The second-order valence-electron chi connectivity index (χ2n) is 12.3.